The predicted molar refractivity (Wildman–Crippen MR) is 110 cm³/mol. The molecule has 0 atom stereocenters. The van der Waals surface area contributed by atoms with Crippen molar-refractivity contribution in [3.8, 4) is 5.75 Å². The molecule has 0 unspecified atom stereocenters. The number of rotatable bonds is 3. The maximum absolute atomic E-state index is 11.7. The largest absolute Gasteiger partial charge is 0.573 e. The Hall–Kier alpha value is -1.97. The van der Waals surface area contributed by atoms with Gasteiger partial charge in [0.1, 0.15) is 5.75 Å². The highest BCUT2D eigenvalue weighted by atomic mass is 19.4. The molecule has 27 heavy (non-hydrogen) atoms. The molecule has 0 aromatic heterocycles. The van der Waals surface area contributed by atoms with E-state index in [0.29, 0.717) is 0 Å². The molecule has 0 N–H and O–H groups in total. The average Bonchev–Trinajstić information content (AvgIpc) is 2.67. The van der Waals surface area contributed by atoms with Gasteiger partial charge in [-0.3, -0.25) is 0 Å². The lowest BCUT2D eigenvalue weighted by Gasteiger charge is -2.08. The van der Waals surface area contributed by atoms with E-state index in [1.54, 1.807) is 12.1 Å². The lowest BCUT2D eigenvalue weighted by molar-refractivity contribution is -0.274. The van der Waals surface area contributed by atoms with E-state index >= 15 is 0 Å². The molecule has 0 bridgehead atoms. The van der Waals surface area contributed by atoms with Gasteiger partial charge in [0.15, 0.2) is 0 Å². The Labute approximate surface area is 163 Å². The minimum absolute atomic E-state index is 0.176. The first-order chi connectivity index (χ1) is 12.7. The molecule has 0 heterocycles. The summed E-state index contributed by atoms with van der Waals surface area (Å²) >= 11 is 0. The number of aryl methyl sites for hydroxylation is 4. The molecule has 0 spiro atoms. The average molecular weight is 385 g/mol. The van der Waals surface area contributed by atoms with Gasteiger partial charge < -0.3 is 4.74 Å². The van der Waals surface area contributed by atoms with E-state index in [9.17, 15) is 13.2 Å². The van der Waals surface area contributed by atoms with Crippen molar-refractivity contribution in [2.24, 2.45) is 0 Å². The summed E-state index contributed by atoms with van der Waals surface area (Å²) in [6, 6.07) is 12.5. The number of hydrogen-bond acceptors (Lipinski definition) is 1. The normalized spacial score (nSPS) is 9.59. The van der Waals surface area contributed by atoms with Crippen LogP contribution in [0.3, 0.4) is 0 Å². The van der Waals surface area contributed by atoms with Gasteiger partial charge >= 0.3 is 6.36 Å². The van der Waals surface area contributed by atoms with E-state index in [0.717, 1.165) is 18.4 Å². The van der Waals surface area contributed by atoms with Crippen molar-refractivity contribution in [3.05, 3.63) is 64.7 Å². The number of benzene rings is 2. The fraction of sp³-hybridized carbons (Fsp3) is 0.478. The van der Waals surface area contributed by atoms with Crippen molar-refractivity contribution in [2.45, 2.75) is 74.6 Å². The van der Waals surface area contributed by atoms with Gasteiger partial charge in [-0.05, 0) is 55.5 Å². The first kappa shape index (κ1) is 27.3. The van der Waals surface area contributed by atoms with Crippen LogP contribution in [0.2, 0.25) is 0 Å². The summed E-state index contributed by atoms with van der Waals surface area (Å²) in [6.07, 6.45) is -2.66. The molecule has 0 radical (unpaired) electrons. The van der Waals surface area contributed by atoms with E-state index in [1.807, 2.05) is 34.6 Å². The van der Waals surface area contributed by atoms with Crippen LogP contribution in [-0.4, -0.2) is 6.36 Å². The molecule has 0 amide bonds. The Morgan fingerprint density at radius 1 is 0.778 bits per heavy atom. The van der Waals surface area contributed by atoms with Gasteiger partial charge in [0.05, 0.1) is 0 Å². The molecule has 4 heteroatoms. The number of halogens is 3. The Kier molecular flexibility index (Phi) is 15.3. The zero-order valence-electron chi connectivity index (χ0n) is 18.0. The fourth-order valence-electron chi connectivity index (χ4n) is 2.11. The van der Waals surface area contributed by atoms with Gasteiger partial charge in [0.25, 0.3) is 0 Å². The van der Waals surface area contributed by atoms with Crippen molar-refractivity contribution in [3.63, 3.8) is 0 Å². The third-order valence-electron chi connectivity index (χ3n) is 3.45. The predicted octanol–water partition coefficient (Wildman–Crippen LogP) is 8.07. The van der Waals surface area contributed by atoms with Gasteiger partial charge in [0, 0.05) is 0 Å². The minimum Gasteiger partial charge on any atom is -0.406 e. The lowest BCUT2D eigenvalue weighted by atomic mass is 10.0. The maximum atomic E-state index is 11.7. The quantitative estimate of drug-likeness (QED) is 0.520. The molecule has 2 aromatic rings. The maximum Gasteiger partial charge on any atom is 0.573 e. The summed E-state index contributed by atoms with van der Waals surface area (Å²) in [5.41, 5.74) is 5.23. The van der Waals surface area contributed by atoms with Gasteiger partial charge in [-0.15, -0.1) is 13.2 Å². The summed E-state index contributed by atoms with van der Waals surface area (Å²) in [7, 11) is 0. The second-order valence-electron chi connectivity index (χ2n) is 5.33. The Morgan fingerprint density at radius 2 is 1.30 bits per heavy atom. The number of hydrogen-bond donors (Lipinski definition) is 0. The van der Waals surface area contributed by atoms with Crippen LogP contribution in [0.4, 0.5) is 13.2 Å². The van der Waals surface area contributed by atoms with Crippen LogP contribution in [0.15, 0.2) is 42.5 Å². The zero-order valence-corrected chi connectivity index (χ0v) is 18.0. The molecule has 2 aromatic carbocycles. The minimum atomic E-state index is -4.60. The van der Waals surface area contributed by atoms with Crippen LogP contribution < -0.4 is 4.74 Å². The highest BCUT2D eigenvalue weighted by Crippen LogP contribution is 2.22. The van der Waals surface area contributed by atoms with Crippen LogP contribution in [0, 0.1) is 13.8 Å². The molecular formula is C23H35F3O. The molecule has 154 valence electrons. The summed E-state index contributed by atoms with van der Waals surface area (Å²) in [4.78, 5) is 0. The van der Waals surface area contributed by atoms with Crippen molar-refractivity contribution < 1.29 is 17.9 Å². The molecule has 0 aliphatic rings. The summed E-state index contributed by atoms with van der Waals surface area (Å²) < 4.78 is 38.8. The molecule has 0 aliphatic carbocycles. The highest BCUT2D eigenvalue weighted by Gasteiger charge is 2.30. The van der Waals surface area contributed by atoms with E-state index in [4.69, 9.17) is 0 Å². The van der Waals surface area contributed by atoms with E-state index in [-0.39, 0.29) is 5.75 Å². The first-order valence-corrected chi connectivity index (χ1v) is 9.66. The van der Waals surface area contributed by atoms with Gasteiger partial charge in [0.2, 0.25) is 0 Å². The third kappa shape index (κ3) is 12.9. The van der Waals surface area contributed by atoms with Crippen LogP contribution in [0.25, 0.3) is 0 Å². The standard InChI is InChI=1S/C10H14.C9H9F3O.2C2H6/c1-4-10-7-8(2)5-6-9(10)3;1-2-7-3-5-8(6-4-7)13-9(10,11)12;2*1-2/h5-7H,4H2,1-3H3;3-6H,2H2,1H3;2*1-2H3. The van der Waals surface area contributed by atoms with E-state index in [2.05, 4.69) is 43.7 Å². The fourth-order valence-corrected chi connectivity index (χ4v) is 2.11. The van der Waals surface area contributed by atoms with Crippen molar-refractivity contribution in [1.29, 1.82) is 0 Å². The Morgan fingerprint density at radius 3 is 1.67 bits per heavy atom. The monoisotopic (exact) mass is 384 g/mol. The van der Waals surface area contributed by atoms with E-state index in [1.165, 1.54) is 28.8 Å². The number of alkyl halides is 3. The molecular weight excluding hydrogens is 349 g/mol. The molecule has 0 saturated carbocycles. The van der Waals surface area contributed by atoms with Crippen LogP contribution >= 0.6 is 0 Å². The number of ether oxygens (including phenoxy) is 1. The van der Waals surface area contributed by atoms with Gasteiger partial charge in [-0.25, -0.2) is 0 Å². The van der Waals surface area contributed by atoms with Gasteiger partial charge in [-0.2, -0.15) is 0 Å². The molecule has 0 aliphatic heterocycles. The zero-order chi connectivity index (χ0) is 21.5. The Bertz CT molecular complexity index is 602. The first-order valence-electron chi connectivity index (χ1n) is 9.66. The van der Waals surface area contributed by atoms with E-state index < -0.39 is 6.36 Å². The van der Waals surface area contributed by atoms with Crippen molar-refractivity contribution in [1.82, 2.24) is 0 Å². The summed E-state index contributed by atoms with van der Waals surface area (Å²) in [5.74, 6) is -0.176. The molecule has 1 nitrogen and oxygen atoms in total. The van der Waals surface area contributed by atoms with Gasteiger partial charge in [-0.1, -0.05) is 77.4 Å². The molecule has 0 saturated heterocycles. The topological polar surface area (TPSA) is 9.23 Å². The molecule has 2 rings (SSSR count). The van der Waals surface area contributed by atoms with Crippen LogP contribution in [-0.2, 0) is 12.8 Å². The second kappa shape index (κ2) is 15.1. The van der Waals surface area contributed by atoms with Crippen molar-refractivity contribution >= 4 is 0 Å². The highest BCUT2D eigenvalue weighted by molar-refractivity contribution is 5.30. The molecule has 0 fully saturated rings. The SMILES string of the molecule is CC.CC.CCc1cc(C)ccc1C.CCc1ccc(OC(F)(F)F)cc1. The Balaban J connectivity index is 0. The third-order valence-corrected chi connectivity index (χ3v) is 3.45. The van der Waals surface area contributed by atoms with Crippen molar-refractivity contribution in [2.75, 3.05) is 0 Å². The van der Waals surface area contributed by atoms with Crippen LogP contribution in [0.1, 0.15) is 63.8 Å². The summed E-state index contributed by atoms with van der Waals surface area (Å²) in [6.45, 7) is 16.4. The smallest absolute Gasteiger partial charge is 0.406 e. The second-order valence-corrected chi connectivity index (χ2v) is 5.33. The lowest BCUT2D eigenvalue weighted by Crippen LogP contribution is -2.16. The van der Waals surface area contributed by atoms with Crippen LogP contribution in [0.5, 0.6) is 5.75 Å². The summed E-state index contributed by atoms with van der Waals surface area (Å²) in [5, 5.41) is 0.